The van der Waals surface area contributed by atoms with Gasteiger partial charge in [-0.1, -0.05) is 29.8 Å². The number of aromatic amines is 2. The van der Waals surface area contributed by atoms with Crippen LogP contribution in [-0.4, -0.2) is 15.8 Å². The summed E-state index contributed by atoms with van der Waals surface area (Å²) in [4.78, 5) is 42.2. The Hall–Kier alpha value is -3.61. The maximum Gasteiger partial charge on any atom is 0.327 e. The number of allylic oxidation sites excluding steroid dienone is 2. The second kappa shape index (κ2) is 6.48. The molecule has 2 aromatic heterocycles. The topological polar surface area (TPSA) is 108 Å². The van der Waals surface area contributed by atoms with Crippen LogP contribution in [0.2, 0.25) is 0 Å². The molecule has 0 radical (unpaired) electrons. The van der Waals surface area contributed by atoms with Crippen LogP contribution in [0.25, 0.3) is 11.3 Å². The third kappa shape index (κ3) is 2.86. The fraction of sp³-hybridized carbons (Fsp3) is 0.227. The number of Topliss-reactive ketones (excluding diaryl/α,β-unsaturated/α-hetero) is 1. The fourth-order valence-corrected chi connectivity index (χ4v) is 4.16. The smallest absolute Gasteiger partial charge is 0.327 e. The van der Waals surface area contributed by atoms with Crippen LogP contribution in [0.5, 0.6) is 0 Å². The van der Waals surface area contributed by atoms with Gasteiger partial charge in [0.05, 0.1) is 11.5 Å². The summed E-state index contributed by atoms with van der Waals surface area (Å²) in [6, 6.07) is 11.6. The van der Waals surface area contributed by atoms with Gasteiger partial charge in [-0.05, 0) is 31.9 Å². The van der Waals surface area contributed by atoms with Crippen LogP contribution in [0, 0.1) is 6.92 Å². The van der Waals surface area contributed by atoms with E-state index < -0.39 is 17.2 Å². The lowest BCUT2D eigenvalue weighted by molar-refractivity contribution is -0.116. The lowest BCUT2D eigenvalue weighted by Gasteiger charge is -2.31. The van der Waals surface area contributed by atoms with Crippen LogP contribution in [0.4, 0.5) is 5.82 Å². The number of rotatable bonds is 2. The number of nitrogens with one attached hydrogen (secondary N) is 3. The molecule has 2 aliphatic rings. The van der Waals surface area contributed by atoms with E-state index in [0.717, 1.165) is 23.2 Å². The highest BCUT2D eigenvalue weighted by molar-refractivity contribution is 6.00. The maximum atomic E-state index is 12.8. The molecule has 1 aromatic carbocycles. The average Bonchev–Trinajstić information content (AvgIpc) is 3.17. The lowest BCUT2D eigenvalue weighted by Crippen LogP contribution is -2.35. The van der Waals surface area contributed by atoms with Gasteiger partial charge in [-0.25, -0.2) is 4.79 Å². The van der Waals surface area contributed by atoms with E-state index >= 15 is 0 Å². The Morgan fingerprint density at radius 1 is 0.966 bits per heavy atom. The molecule has 1 aliphatic carbocycles. The van der Waals surface area contributed by atoms with Gasteiger partial charge in [0, 0.05) is 23.3 Å². The van der Waals surface area contributed by atoms with E-state index in [1.807, 2.05) is 37.3 Å². The van der Waals surface area contributed by atoms with E-state index in [1.54, 1.807) is 6.07 Å². The van der Waals surface area contributed by atoms with Crippen molar-refractivity contribution in [2.45, 2.75) is 32.1 Å². The highest BCUT2D eigenvalue weighted by Gasteiger charge is 2.39. The van der Waals surface area contributed by atoms with Crippen molar-refractivity contribution in [2.75, 3.05) is 5.32 Å². The molecular formula is C22H19N3O4. The van der Waals surface area contributed by atoms with Crippen molar-refractivity contribution >= 4 is 11.6 Å². The number of hydrogen-bond acceptors (Lipinski definition) is 5. The largest absolute Gasteiger partial charge is 0.460 e. The normalized spacial score (nSPS) is 18.2. The fourth-order valence-electron chi connectivity index (χ4n) is 4.16. The molecule has 7 nitrogen and oxygen atoms in total. The van der Waals surface area contributed by atoms with Crippen molar-refractivity contribution < 1.29 is 9.21 Å². The number of hydrogen-bond donors (Lipinski definition) is 3. The third-order valence-corrected chi connectivity index (χ3v) is 5.54. The molecule has 0 spiro atoms. The molecule has 1 unspecified atom stereocenters. The van der Waals surface area contributed by atoms with Crippen molar-refractivity contribution in [1.29, 1.82) is 0 Å². The molecule has 146 valence electrons. The van der Waals surface area contributed by atoms with Gasteiger partial charge in [-0.15, -0.1) is 0 Å². The van der Waals surface area contributed by atoms with Gasteiger partial charge in [-0.3, -0.25) is 19.6 Å². The first-order valence-corrected chi connectivity index (χ1v) is 9.58. The van der Waals surface area contributed by atoms with E-state index in [1.165, 1.54) is 0 Å². The van der Waals surface area contributed by atoms with Gasteiger partial charge in [0.1, 0.15) is 17.3 Å². The molecule has 3 heterocycles. The Balaban J connectivity index is 1.69. The SMILES string of the molecule is Cc1ccc(-c2ccc(C3C4=C(CCCC4=O)Nc4[nH]c(=O)[nH]c(=O)c43)o2)cc1. The molecule has 7 heteroatoms. The Morgan fingerprint density at radius 3 is 2.55 bits per heavy atom. The lowest BCUT2D eigenvalue weighted by atomic mass is 9.79. The Bertz CT molecular complexity index is 1270. The van der Waals surface area contributed by atoms with Crippen LogP contribution >= 0.6 is 0 Å². The molecule has 5 rings (SSSR count). The number of anilines is 1. The van der Waals surface area contributed by atoms with E-state index in [4.69, 9.17) is 4.42 Å². The summed E-state index contributed by atoms with van der Waals surface area (Å²) in [5.74, 6) is 0.822. The van der Waals surface area contributed by atoms with Gasteiger partial charge in [0.2, 0.25) is 0 Å². The maximum absolute atomic E-state index is 12.8. The number of ketones is 1. The summed E-state index contributed by atoms with van der Waals surface area (Å²) in [6.07, 6.45) is 1.84. The zero-order chi connectivity index (χ0) is 20.1. The molecule has 0 fully saturated rings. The van der Waals surface area contributed by atoms with E-state index in [9.17, 15) is 14.4 Å². The summed E-state index contributed by atoms with van der Waals surface area (Å²) in [5, 5.41) is 3.10. The van der Waals surface area contributed by atoms with Crippen molar-refractivity contribution in [3.8, 4) is 11.3 Å². The van der Waals surface area contributed by atoms with Gasteiger partial charge in [0.25, 0.3) is 5.56 Å². The first-order valence-electron chi connectivity index (χ1n) is 9.58. The number of aryl methyl sites for hydroxylation is 1. The van der Waals surface area contributed by atoms with Gasteiger partial charge >= 0.3 is 5.69 Å². The predicted octanol–water partition coefficient (Wildman–Crippen LogP) is 3.20. The number of benzene rings is 1. The van der Waals surface area contributed by atoms with Gasteiger partial charge < -0.3 is 9.73 Å². The molecule has 0 saturated carbocycles. The monoisotopic (exact) mass is 389 g/mol. The Labute approximate surface area is 165 Å². The van der Waals surface area contributed by atoms with E-state index in [-0.39, 0.29) is 5.78 Å². The van der Waals surface area contributed by atoms with Crippen LogP contribution in [-0.2, 0) is 4.79 Å². The standard InChI is InChI=1S/C22H19N3O4/c1-11-5-7-12(8-6-11)15-9-10-16(29-15)18-17-13(3-2-4-14(17)26)23-20-19(18)21(27)25-22(28)24-20/h5-10,18H,2-4H2,1H3,(H3,23,24,25,27,28). The molecule has 3 N–H and O–H groups in total. The Kier molecular flexibility index (Phi) is 3.91. The van der Waals surface area contributed by atoms with Crippen molar-refractivity contribution in [2.24, 2.45) is 0 Å². The molecule has 0 bridgehead atoms. The summed E-state index contributed by atoms with van der Waals surface area (Å²) in [6.45, 7) is 2.01. The molecule has 0 amide bonds. The minimum absolute atomic E-state index is 0.00622. The number of carbonyl (C=O) groups excluding carboxylic acids is 1. The molecule has 0 saturated heterocycles. The quantitative estimate of drug-likeness (QED) is 0.624. The van der Waals surface area contributed by atoms with Crippen molar-refractivity contribution in [1.82, 2.24) is 9.97 Å². The number of H-pyrrole nitrogens is 2. The summed E-state index contributed by atoms with van der Waals surface area (Å²) >= 11 is 0. The van der Waals surface area contributed by atoms with E-state index in [0.29, 0.717) is 41.3 Å². The average molecular weight is 389 g/mol. The molecule has 29 heavy (non-hydrogen) atoms. The van der Waals surface area contributed by atoms with Crippen molar-refractivity contribution in [3.63, 3.8) is 0 Å². The van der Waals surface area contributed by atoms with Gasteiger partial charge in [0.15, 0.2) is 5.78 Å². The van der Waals surface area contributed by atoms with Crippen LogP contribution < -0.4 is 16.6 Å². The minimum Gasteiger partial charge on any atom is -0.460 e. The Morgan fingerprint density at radius 2 is 1.76 bits per heavy atom. The van der Waals surface area contributed by atoms with Crippen LogP contribution in [0.1, 0.15) is 42.1 Å². The molecule has 1 atom stereocenters. The van der Waals surface area contributed by atoms with Crippen LogP contribution in [0.15, 0.2) is 61.7 Å². The number of aromatic nitrogens is 2. The van der Waals surface area contributed by atoms with Gasteiger partial charge in [-0.2, -0.15) is 0 Å². The van der Waals surface area contributed by atoms with E-state index in [2.05, 4.69) is 15.3 Å². The molecule has 3 aromatic rings. The summed E-state index contributed by atoms with van der Waals surface area (Å²) in [5.41, 5.74) is 2.52. The highest BCUT2D eigenvalue weighted by atomic mass is 16.3. The molecular weight excluding hydrogens is 370 g/mol. The second-order valence-electron chi connectivity index (χ2n) is 7.49. The predicted molar refractivity (Wildman–Crippen MR) is 108 cm³/mol. The first-order chi connectivity index (χ1) is 14.0. The highest BCUT2D eigenvalue weighted by Crippen LogP contribution is 2.43. The number of carbonyl (C=O) groups is 1. The minimum atomic E-state index is -0.658. The summed E-state index contributed by atoms with van der Waals surface area (Å²) < 4.78 is 6.13. The van der Waals surface area contributed by atoms with Crippen LogP contribution in [0.3, 0.4) is 0 Å². The zero-order valence-electron chi connectivity index (χ0n) is 15.8. The first kappa shape index (κ1) is 17.5. The zero-order valence-corrected chi connectivity index (χ0v) is 15.8. The van der Waals surface area contributed by atoms with Crippen molar-refractivity contribution in [3.05, 3.63) is 85.4 Å². The number of furan rings is 1. The second-order valence-corrected chi connectivity index (χ2v) is 7.49. The number of fused-ring (bicyclic) bond motifs is 1. The third-order valence-electron chi connectivity index (χ3n) is 5.54. The molecule has 1 aliphatic heterocycles. The summed E-state index contributed by atoms with van der Waals surface area (Å²) in [7, 11) is 0.